The lowest BCUT2D eigenvalue weighted by Gasteiger charge is -2.21. The number of aromatic nitrogens is 1. The van der Waals surface area contributed by atoms with Crippen LogP contribution in [0.15, 0.2) is 35.8 Å². The second-order valence-electron chi connectivity index (χ2n) is 4.83. The number of nitrogens with zero attached hydrogens (tertiary/aromatic N) is 2. The van der Waals surface area contributed by atoms with Gasteiger partial charge >= 0.3 is 5.97 Å². The largest absolute Gasteiger partial charge is 0.481 e. The molecule has 0 fully saturated rings. The van der Waals surface area contributed by atoms with Crippen LogP contribution in [0.5, 0.6) is 0 Å². The lowest BCUT2D eigenvalue weighted by atomic mass is 10.1. The molecule has 0 saturated heterocycles. The summed E-state index contributed by atoms with van der Waals surface area (Å²) in [4.78, 5) is 29.9. The Morgan fingerprint density at radius 3 is 2.59 bits per heavy atom. The fraction of sp³-hybridized carbons (Fsp3) is 0.312. The maximum Gasteiger partial charge on any atom is 0.305 e. The van der Waals surface area contributed by atoms with Gasteiger partial charge in [0.05, 0.1) is 17.6 Å². The number of thiazole rings is 1. The predicted octanol–water partition coefficient (Wildman–Crippen LogP) is 3.14. The summed E-state index contributed by atoms with van der Waals surface area (Å²) in [7, 11) is 0. The highest BCUT2D eigenvalue weighted by Gasteiger charge is 2.22. The minimum atomic E-state index is -0.901. The van der Waals surface area contributed by atoms with Crippen molar-refractivity contribution in [2.45, 2.75) is 19.8 Å². The number of carboxylic acid groups (broad SMARTS) is 1. The Kier molecular flexibility index (Phi) is 5.66. The first-order valence-electron chi connectivity index (χ1n) is 7.13. The van der Waals surface area contributed by atoms with Gasteiger partial charge in [-0.1, -0.05) is 37.3 Å². The zero-order chi connectivity index (χ0) is 15.9. The van der Waals surface area contributed by atoms with E-state index in [1.54, 1.807) is 10.4 Å². The Labute approximate surface area is 133 Å². The smallest absolute Gasteiger partial charge is 0.305 e. The van der Waals surface area contributed by atoms with Crippen LogP contribution in [0.25, 0.3) is 11.3 Å². The van der Waals surface area contributed by atoms with Crippen LogP contribution in [-0.4, -0.2) is 40.0 Å². The summed E-state index contributed by atoms with van der Waals surface area (Å²) in [6, 6.07) is 9.53. The van der Waals surface area contributed by atoms with Crippen molar-refractivity contribution in [1.82, 2.24) is 9.88 Å². The van der Waals surface area contributed by atoms with Gasteiger partial charge in [-0.05, 0) is 6.42 Å². The fourth-order valence-corrected chi connectivity index (χ4v) is 2.93. The summed E-state index contributed by atoms with van der Waals surface area (Å²) in [6.07, 6.45) is 0.732. The first-order chi connectivity index (χ1) is 10.6. The quantitative estimate of drug-likeness (QED) is 0.851. The molecule has 22 heavy (non-hydrogen) atoms. The van der Waals surface area contributed by atoms with Crippen molar-refractivity contribution in [3.05, 3.63) is 40.7 Å². The van der Waals surface area contributed by atoms with Crippen LogP contribution in [-0.2, 0) is 4.79 Å². The molecule has 2 aromatic rings. The molecule has 2 rings (SSSR count). The second kappa shape index (κ2) is 7.70. The van der Waals surface area contributed by atoms with Gasteiger partial charge < -0.3 is 10.0 Å². The van der Waals surface area contributed by atoms with Gasteiger partial charge in [0, 0.05) is 18.7 Å². The SMILES string of the molecule is CCCN(CCC(=O)O)C(=O)c1scnc1-c1ccccc1. The van der Waals surface area contributed by atoms with E-state index in [0.717, 1.165) is 12.0 Å². The molecule has 5 nitrogen and oxygen atoms in total. The van der Waals surface area contributed by atoms with Gasteiger partial charge in [-0.3, -0.25) is 9.59 Å². The number of amides is 1. The standard InChI is InChI=1S/C16H18N2O3S/c1-2-9-18(10-8-13(19)20)16(21)15-14(17-11-22-15)12-6-4-3-5-7-12/h3-7,11H,2,8-10H2,1H3,(H,19,20). The van der Waals surface area contributed by atoms with Crippen LogP contribution in [0.3, 0.4) is 0 Å². The Hall–Kier alpha value is -2.21. The molecule has 6 heteroatoms. The van der Waals surface area contributed by atoms with E-state index in [1.807, 2.05) is 37.3 Å². The third-order valence-electron chi connectivity index (χ3n) is 3.19. The molecule has 1 N–H and O–H groups in total. The Bertz CT molecular complexity index is 640. The number of aliphatic carboxylic acids is 1. The van der Waals surface area contributed by atoms with Crippen molar-refractivity contribution < 1.29 is 14.7 Å². The van der Waals surface area contributed by atoms with Crippen LogP contribution >= 0.6 is 11.3 Å². The van der Waals surface area contributed by atoms with Gasteiger partial charge in [0.1, 0.15) is 4.88 Å². The van der Waals surface area contributed by atoms with Crippen molar-refractivity contribution in [2.24, 2.45) is 0 Å². The molecular weight excluding hydrogens is 300 g/mol. The van der Waals surface area contributed by atoms with Gasteiger partial charge in [0.2, 0.25) is 0 Å². The molecule has 1 amide bonds. The van der Waals surface area contributed by atoms with E-state index in [4.69, 9.17) is 5.11 Å². The van der Waals surface area contributed by atoms with Crippen molar-refractivity contribution in [2.75, 3.05) is 13.1 Å². The molecule has 116 valence electrons. The van der Waals surface area contributed by atoms with E-state index in [-0.39, 0.29) is 18.9 Å². The van der Waals surface area contributed by atoms with Gasteiger partial charge in [-0.2, -0.15) is 0 Å². The fourth-order valence-electron chi connectivity index (χ4n) is 2.16. The summed E-state index contributed by atoms with van der Waals surface area (Å²) in [5.41, 5.74) is 3.20. The highest BCUT2D eigenvalue weighted by atomic mass is 32.1. The molecule has 0 unspecified atom stereocenters. The number of hydrogen-bond donors (Lipinski definition) is 1. The zero-order valence-electron chi connectivity index (χ0n) is 12.4. The number of carboxylic acids is 1. The number of carbonyl (C=O) groups excluding carboxylic acids is 1. The summed E-state index contributed by atoms with van der Waals surface area (Å²) < 4.78 is 0. The third-order valence-corrected chi connectivity index (χ3v) is 4.00. The molecule has 0 spiro atoms. The van der Waals surface area contributed by atoms with Crippen LogP contribution in [0.4, 0.5) is 0 Å². The van der Waals surface area contributed by atoms with Crippen LogP contribution in [0, 0.1) is 0 Å². The first-order valence-corrected chi connectivity index (χ1v) is 8.01. The summed E-state index contributed by atoms with van der Waals surface area (Å²) in [5.74, 6) is -1.05. The molecule has 0 aliphatic carbocycles. The van der Waals surface area contributed by atoms with Crippen molar-refractivity contribution in [3.8, 4) is 11.3 Å². The van der Waals surface area contributed by atoms with E-state index >= 15 is 0 Å². The highest BCUT2D eigenvalue weighted by molar-refractivity contribution is 7.12. The van der Waals surface area contributed by atoms with Crippen molar-refractivity contribution in [1.29, 1.82) is 0 Å². The van der Waals surface area contributed by atoms with E-state index in [2.05, 4.69) is 4.98 Å². The molecular formula is C16H18N2O3S. The highest BCUT2D eigenvalue weighted by Crippen LogP contribution is 2.26. The number of carbonyl (C=O) groups is 2. The zero-order valence-corrected chi connectivity index (χ0v) is 13.2. The lowest BCUT2D eigenvalue weighted by Crippen LogP contribution is -2.33. The Morgan fingerprint density at radius 1 is 1.23 bits per heavy atom. The van der Waals surface area contributed by atoms with Crippen LogP contribution in [0.2, 0.25) is 0 Å². The first kappa shape index (κ1) is 16.2. The average Bonchev–Trinajstić information content (AvgIpc) is 3.01. The molecule has 0 radical (unpaired) electrons. The predicted molar refractivity (Wildman–Crippen MR) is 86.0 cm³/mol. The van der Waals surface area contributed by atoms with E-state index in [9.17, 15) is 9.59 Å². The topological polar surface area (TPSA) is 70.5 Å². The molecule has 1 aromatic carbocycles. The maximum atomic E-state index is 12.7. The summed E-state index contributed by atoms with van der Waals surface area (Å²) in [6.45, 7) is 2.72. The summed E-state index contributed by atoms with van der Waals surface area (Å²) in [5, 5.41) is 8.83. The lowest BCUT2D eigenvalue weighted by molar-refractivity contribution is -0.137. The van der Waals surface area contributed by atoms with Gasteiger partial charge in [-0.15, -0.1) is 11.3 Å². The molecule has 0 aliphatic heterocycles. The number of hydrogen-bond acceptors (Lipinski definition) is 4. The van der Waals surface area contributed by atoms with E-state index < -0.39 is 5.97 Å². The molecule has 1 aromatic heterocycles. The van der Waals surface area contributed by atoms with Gasteiger partial charge in [0.15, 0.2) is 0 Å². The van der Waals surface area contributed by atoms with Gasteiger partial charge in [0.25, 0.3) is 5.91 Å². The monoisotopic (exact) mass is 318 g/mol. The molecule has 0 saturated carbocycles. The average molecular weight is 318 g/mol. The maximum absolute atomic E-state index is 12.7. The Morgan fingerprint density at radius 2 is 1.95 bits per heavy atom. The summed E-state index contributed by atoms with van der Waals surface area (Å²) >= 11 is 1.29. The molecule has 0 bridgehead atoms. The minimum Gasteiger partial charge on any atom is -0.481 e. The van der Waals surface area contributed by atoms with Crippen LogP contribution < -0.4 is 0 Å². The van der Waals surface area contributed by atoms with Crippen LogP contribution in [0.1, 0.15) is 29.4 Å². The Balaban J connectivity index is 2.24. The van der Waals surface area contributed by atoms with Crippen molar-refractivity contribution in [3.63, 3.8) is 0 Å². The number of benzene rings is 1. The minimum absolute atomic E-state index is 0.0504. The third kappa shape index (κ3) is 3.92. The van der Waals surface area contributed by atoms with E-state index in [1.165, 1.54) is 11.3 Å². The molecule has 1 heterocycles. The van der Waals surface area contributed by atoms with Gasteiger partial charge in [-0.25, -0.2) is 4.98 Å². The van der Waals surface area contributed by atoms with E-state index in [0.29, 0.717) is 17.1 Å². The number of rotatable bonds is 7. The molecule has 0 atom stereocenters. The second-order valence-corrected chi connectivity index (χ2v) is 5.69. The molecule has 0 aliphatic rings. The normalized spacial score (nSPS) is 10.4. The van der Waals surface area contributed by atoms with Crippen molar-refractivity contribution >= 4 is 23.2 Å².